The van der Waals surface area contributed by atoms with Crippen LogP contribution in [0.5, 0.6) is 0 Å². The molecule has 1 fully saturated rings. The number of aliphatic hydroxyl groups is 1. The second-order valence-electron chi connectivity index (χ2n) is 5.50. The highest BCUT2D eigenvalue weighted by Crippen LogP contribution is 2.19. The van der Waals surface area contributed by atoms with Gasteiger partial charge in [0.25, 0.3) is 5.91 Å². The number of nitrogens with zero attached hydrogens (tertiary/aromatic N) is 1. The number of rotatable bonds is 4. The Kier molecular flexibility index (Phi) is 4.22. The van der Waals surface area contributed by atoms with E-state index < -0.39 is 6.10 Å². The predicted molar refractivity (Wildman–Crippen MR) is 81.4 cm³/mol. The molecule has 1 saturated heterocycles. The second-order valence-corrected chi connectivity index (χ2v) is 5.50. The standard InChI is InChI=1S/C16H19N3O3/c1-10-12(4-5-13(19-10)15-3-2-6-22-15)16(21)18-8-11-7-17-9-14(11)20/h2-6,11,14,17,20H,7-9H2,1H3,(H,18,21). The molecule has 116 valence electrons. The first kappa shape index (κ1) is 14.7. The topological polar surface area (TPSA) is 87.4 Å². The van der Waals surface area contributed by atoms with Crippen LogP contribution in [0.1, 0.15) is 16.1 Å². The molecule has 0 aliphatic carbocycles. The van der Waals surface area contributed by atoms with Gasteiger partial charge in [-0.25, -0.2) is 4.98 Å². The summed E-state index contributed by atoms with van der Waals surface area (Å²) in [4.78, 5) is 16.7. The molecule has 2 unspecified atom stereocenters. The van der Waals surface area contributed by atoms with E-state index in [4.69, 9.17) is 4.42 Å². The lowest BCUT2D eigenvalue weighted by Gasteiger charge is -2.14. The van der Waals surface area contributed by atoms with Gasteiger partial charge in [-0.05, 0) is 31.2 Å². The largest absolute Gasteiger partial charge is 0.463 e. The van der Waals surface area contributed by atoms with Crippen LogP contribution >= 0.6 is 0 Å². The third-order valence-corrected chi connectivity index (χ3v) is 3.93. The van der Waals surface area contributed by atoms with Crippen LogP contribution in [0.15, 0.2) is 34.9 Å². The van der Waals surface area contributed by atoms with Gasteiger partial charge in [0.15, 0.2) is 5.76 Å². The van der Waals surface area contributed by atoms with Crippen molar-refractivity contribution in [2.24, 2.45) is 5.92 Å². The van der Waals surface area contributed by atoms with E-state index in [0.717, 1.165) is 6.54 Å². The summed E-state index contributed by atoms with van der Waals surface area (Å²) in [5.74, 6) is 0.560. The molecule has 22 heavy (non-hydrogen) atoms. The molecular formula is C16H19N3O3. The van der Waals surface area contributed by atoms with Crippen molar-refractivity contribution in [1.29, 1.82) is 0 Å². The average Bonchev–Trinajstić information content (AvgIpc) is 3.16. The molecule has 0 bridgehead atoms. The Labute approximate surface area is 128 Å². The van der Waals surface area contributed by atoms with Gasteiger partial charge >= 0.3 is 0 Å². The van der Waals surface area contributed by atoms with Crippen molar-refractivity contribution < 1.29 is 14.3 Å². The maximum absolute atomic E-state index is 12.3. The molecule has 6 nitrogen and oxygen atoms in total. The van der Waals surface area contributed by atoms with Crippen LogP contribution in [0, 0.1) is 12.8 Å². The van der Waals surface area contributed by atoms with Crippen molar-refractivity contribution in [3.05, 3.63) is 41.8 Å². The molecule has 2 aromatic rings. The van der Waals surface area contributed by atoms with Crippen molar-refractivity contribution in [3.8, 4) is 11.5 Å². The normalized spacial score (nSPS) is 21.0. The summed E-state index contributed by atoms with van der Waals surface area (Å²) in [7, 11) is 0. The summed E-state index contributed by atoms with van der Waals surface area (Å²) in [6.45, 7) is 3.55. The zero-order valence-corrected chi connectivity index (χ0v) is 12.4. The Morgan fingerprint density at radius 1 is 1.45 bits per heavy atom. The van der Waals surface area contributed by atoms with Gasteiger partial charge in [-0.2, -0.15) is 0 Å². The third kappa shape index (κ3) is 3.03. The fourth-order valence-corrected chi connectivity index (χ4v) is 2.61. The van der Waals surface area contributed by atoms with E-state index in [1.54, 1.807) is 31.4 Å². The van der Waals surface area contributed by atoms with Crippen LogP contribution in [-0.4, -0.2) is 41.7 Å². The first-order chi connectivity index (χ1) is 10.6. The van der Waals surface area contributed by atoms with Crippen LogP contribution < -0.4 is 10.6 Å². The number of pyridine rings is 1. The van der Waals surface area contributed by atoms with Crippen LogP contribution in [0.25, 0.3) is 11.5 Å². The molecule has 1 amide bonds. The summed E-state index contributed by atoms with van der Waals surface area (Å²) in [5.41, 5.74) is 1.89. The number of nitrogens with one attached hydrogen (secondary N) is 2. The number of hydrogen-bond acceptors (Lipinski definition) is 5. The molecule has 2 aromatic heterocycles. The highest BCUT2D eigenvalue weighted by atomic mass is 16.3. The highest BCUT2D eigenvalue weighted by Gasteiger charge is 2.25. The van der Waals surface area contributed by atoms with Gasteiger partial charge in [0.05, 0.1) is 23.6 Å². The fourth-order valence-electron chi connectivity index (χ4n) is 2.61. The van der Waals surface area contributed by atoms with Gasteiger partial charge in [0.2, 0.25) is 0 Å². The minimum absolute atomic E-state index is 0.0552. The van der Waals surface area contributed by atoms with Crippen molar-refractivity contribution >= 4 is 5.91 Å². The Balaban J connectivity index is 1.67. The van der Waals surface area contributed by atoms with Crippen molar-refractivity contribution in [1.82, 2.24) is 15.6 Å². The SMILES string of the molecule is Cc1nc(-c2ccco2)ccc1C(=O)NCC1CNCC1O. The molecule has 1 aliphatic rings. The molecule has 6 heteroatoms. The smallest absolute Gasteiger partial charge is 0.253 e. The minimum Gasteiger partial charge on any atom is -0.463 e. The summed E-state index contributed by atoms with van der Waals surface area (Å²) in [6.07, 6.45) is 1.19. The molecule has 3 rings (SSSR count). The molecule has 0 spiro atoms. The Bertz CT molecular complexity index is 655. The number of aromatic nitrogens is 1. The van der Waals surface area contributed by atoms with Crippen molar-refractivity contribution in [2.75, 3.05) is 19.6 Å². The third-order valence-electron chi connectivity index (χ3n) is 3.93. The van der Waals surface area contributed by atoms with E-state index >= 15 is 0 Å². The second kappa shape index (κ2) is 6.29. The summed E-state index contributed by atoms with van der Waals surface area (Å²) in [6, 6.07) is 7.15. The minimum atomic E-state index is -0.402. The number of β-amino-alcohol motifs (C(OH)–C–C–N with tert-alkyl or cyclic N) is 1. The van der Waals surface area contributed by atoms with Crippen LogP contribution in [0.4, 0.5) is 0 Å². The lowest BCUT2D eigenvalue weighted by Crippen LogP contribution is -2.34. The maximum Gasteiger partial charge on any atom is 0.253 e. The molecule has 3 heterocycles. The van der Waals surface area contributed by atoms with Crippen molar-refractivity contribution in [3.63, 3.8) is 0 Å². The van der Waals surface area contributed by atoms with Crippen LogP contribution in [0.3, 0.4) is 0 Å². The fraction of sp³-hybridized carbons (Fsp3) is 0.375. The molecule has 0 saturated carbocycles. The lowest BCUT2D eigenvalue weighted by atomic mass is 10.1. The Morgan fingerprint density at radius 3 is 2.95 bits per heavy atom. The van der Waals surface area contributed by atoms with Crippen LogP contribution in [0.2, 0.25) is 0 Å². The van der Waals surface area contributed by atoms with E-state index in [1.807, 2.05) is 6.07 Å². The number of carbonyl (C=O) groups excluding carboxylic acids is 1. The van der Waals surface area contributed by atoms with E-state index in [2.05, 4.69) is 15.6 Å². The lowest BCUT2D eigenvalue weighted by molar-refractivity contribution is 0.0926. The summed E-state index contributed by atoms with van der Waals surface area (Å²) < 4.78 is 5.30. The molecule has 0 radical (unpaired) electrons. The van der Waals surface area contributed by atoms with E-state index in [1.165, 1.54) is 0 Å². The van der Waals surface area contributed by atoms with Gasteiger partial charge in [0, 0.05) is 25.6 Å². The predicted octanol–water partition coefficient (Wildman–Crippen LogP) is 0.960. The van der Waals surface area contributed by atoms with Gasteiger partial charge in [0.1, 0.15) is 5.69 Å². The zero-order chi connectivity index (χ0) is 15.5. The van der Waals surface area contributed by atoms with Gasteiger partial charge in [-0.15, -0.1) is 0 Å². The van der Waals surface area contributed by atoms with Gasteiger partial charge in [-0.3, -0.25) is 4.79 Å². The number of furan rings is 1. The number of aryl methyl sites for hydroxylation is 1. The van der Waals surface area contributed by atoms with E-state index in [0.29, 0.717) is 35.8 Å². The van der Waals surface area contributed by atoms with Crippen molar-refractivity contribution in [2.45, 2.75) is 13.0 Å². The number of amides is 1. The Morgan fingerprint density at radius 2 is 2.32 bits per heavy atom. The first-order valence-electron chi connectivity index (χ1n) is 7.33. The summed E-state index contributed by atoms with van der Waals surface area (Å²) >= 11 is 0. The molecule has 3 N–H and O–H groups in total. The highest BCUT2D eigenvalue weighted by molar-refractivity contribution is 5.95. The zero-order valence-electron chi connectivity index (χ0n) is 12.4. The van der Waals surface area contributed by atoms with Crippen LogP contribution in [-0.2, 0) is 0 Å². The monoisotopic (exact) mass is 301 g/mol. The van der Waals surface area contributed by atoms with E-state index in [-0.39, 0.29) is 11.8 Å². The van der Waals surface area contributed by atoms with E-state index in [9.17, 15) is 9.90 Å². The number of carbonyl (C=O) groups is 1. The van der Waals surface area contributed by atoms with Gasteiger partial charge < -0.3 is 20.2 Å². The number of hydrogen-bond donors (Lipinski definition) is 3. The van der Waals surface area contributed by atoms with Gasteiger partial charge in [-0.1, -0.05) is 0 Å². The molecular weight excluding hydrogens is 282 g/mol. The first-order valence-corrected chi connectivity index (χ1v) is 7.33. The average molecular weight is 301 g/mol. The number of aliphatic hydroxyl groups excluding tert-OH is 1. The maximum atomic E-state index is 12.3. The quantitative estimate of drug-likeness (QED) is 0.783. The molecule has 0 aromatic carbocycles. The summed E-state index contributed by atoms with van der Waals surface area (Å²) in [5, 5.41) is 15.7. The molecule has 1 aliphatic heterocycles. The molecule has 2 atom stereocenters. The Hall–Kier alpha value is -2.18.